The number of hydrogen-bond donors (Lipinski definition) is 1. The number of rotatable bonds is 4. The van der Waals surface area contributed by atoms with Crippen LogP contribution in [0.1, 0.15) is 5.56 Å². The second kappa shape index (κ2) is 9.49. The average molecular weight is 432 g/mol. The lowest BCUT2D eigenvalue weighted by molar-refractivity contribution is -0.130. The van der Waals surface area contributed by atoms with E-state index < -0.39 is 0 Å². The molecule has 9 heteroatoms. The number of urea groups is 1. The van der Waals surface area contributed by atoms with E-state index in [9.17, 15) is 9.59 Å². The smallest absolute Gasteiger partial charge is 0.321 e. The molecule has 0 radical (unpaired) electrons. The summed E-state index contributed by atoms with van der Waals surface area (Å²) < 4.78 is 0. The third-order valence-corrected chi connectivity index (χ3v) is 6.96. The van der Waals surface area contributed by atoms with Gasteiger partial charge in [-0.3, -0.25) is 4.79 Å². The van der Waals surface area contributed by atoms with Gasteiger partial charge in [-0.1, -0.05) is 12.1 Å². The van der Waals surface area contributed by atoms with Gasteiger partial charge in [-0.25, -0.2) is 9.78 Å². The minimum atomic E-state index is -0.0848. The molecule has 4 rings (SSSR count). The molecule has 0 unspecified atom stereocenters. The lowest BCUT2D eigenvalue weighted by Crippen LogP contribution is -2.50. The number of piperazine rings is 1. The summed E-state index contributed by atoms with van der Waals surface area (Å²) in [4.78, 5) is 35.2. The van der Waals surface area contributed by atoms with E-state index in [4.69, 9.17) is 0 Å². The van der Waals surface area contributed by atoms with Crippen molar-refractivity contribution >= 4 is 45.9 Å². The average Bonchev–Trinajstić information content (AvgIpc) is 3.31. The van der Waals surface area contributed by atoms with Crippen LogP contribution in [0.3, 0.4) is 0 Å². The summed E-state index contributed by atoms with van der Waals surface area (Å²) in [7, 11) is 0. The number of carbonyl (C=O) groups excluding carboxylic acids is 2. The highest BCUT2D eigenvalue weighted by Crippen LogP contribution is 2.19. The molecule has 154 valence electrons. The van der Waals surface area contributed by atoms with Gasteiger partial charge in [0.05, 0.1) is 6.42 Å². The Bertz CT molecular complexity index is 814. The van der Waals surface area contributed by atoms with Crippen molar-refractivity contribution in [2.75, 3.05) is 61.0 Å². The van der Waals surface area contributed by atoms with Crippen LogP contribution in [0.2, 0.25) is 0 Å². The molecule has 0 spiro atoms. The number of benzene rings is 1. The first-order valence-electron chi connectivity index (χ1n) is 9.84. The Balaban J connectivity index is 1.25. The molecule has 3 heterocycles. The minimum absolute atomic E-state index is 0.0848. The molecule has 2 aliphatic rings. The zero-order valence-corrected chi connectivity index (χ0v) is 17.9. The molecule has 0 atom stereocenters. The first kappa shape index (κ1) is 20.0. The number of carbonyl (C=O) groups is 2. The Kier molecular flexibility index (Phi) is 6.56. The molecule has 2 aromatic rings. The second-order valence-corrected chi connectivity index (χ2v) is 9.18. The summed E-state index contributed by atoms with van der Waals surface area (Å²) in [6.07, 6.45) is 2.22. The van der Waals surface area contributed by atoms with Gasteiger partial charge in [0.2, 0.25) is 5.91 Å². The molecular weight excluding hydrogens is 406 g/mol. The van der Waals surface area contributed by atoms with Crippen LogP contribution in [0, 0.1) is 0 Å². The number of hydrogen-bond acceptors (Lipinski definition) is 6. The third kappa shape index (κ3) is 5.22. The van der Waals surface area contributed by atoms with E-state index in [1.165, 1.54) is 0 Å². The molecule has 0 aliphatic carbocycles. The maximum absolute atomic E-state index is 12.6. The van der Waals surface area contributed by atoms with Crippen LogP contribution in [0.15, 0.2) is 35.8 Å². The van der Waals surface area contributed by atoms with Crippen molar-refractivity contribution in [2.45, 2.75) is 6.42 Å². The Morgan fingerprint density at radius 3 is 2.34 bits per heavy atom. The SMILES string of the molecule is O=C(Cc1ccc(NC(=O)N2CCN(c3nccs3)CC2)cc1)N1CCSCC1. The molecular formula is C20H25N5O2S2. The zero-order valence-electron chi connectivity index (χ0n) is 16.2. The van der Waals surface area contributed by atoms with E-state index in [0.29, 0.717) is 19.5 Å². The summed E-state index contributed by atoms with van der Waals surface area (Å²) in [6.45, 7) is 4.60. The molecule has 1 N–H and O–H groups in total. The molecule has 1 aromatic heterocycles. The molecule has 3 amide bonds. The fourth-order valence-electron chi connectivity index (χ4n) is 3.48. The summed E-state index contributed by atoms with van der Waals surface area (Å²) in [6, 6.07) is 7.51. The molecule has 7 nitrogen and oxygen atoms in total. The van der Waals surface area contributed by atoms with Gasteiger partial charge in [0, 0.05) is 68.0 Å². The highest BCUT2D eigenvalue weighted by molar-refractivity contribution is 7.99. The largest absolute Gasteiger partial charge is 0.345 e. The van der Waals surface area contributed by atoms with Gasteiger partial charge in [-0.15, -0.1) is 11.3 Å². The molecule has 29 heavy (non-hydrogen) atoms. The van der Waals surface area contributed by atoms with Crippen molar-refractivity contribution in [3.63, 3.8) is 0 Å². The van der Waals surface area contributed by atoms with E-state index >= 15 is 0 Å². The fraction of sp³-hybridized carbons (Fsp3) is 0.450. The Morgan fingerprint density at radius 2 is 1.69 bits per heavy atom. The normalized spacial score (nSPS) is 17.3. The number of amides is 3. The van der Waals surface area contributed by atoms with E-state index in [2.05, 4.69) is 15.2 Å². The first-order chi connectivity index (χ1) is 14.2. The van der Waals surface area contributed by atoms with Crippen LogP contribution >= 0.6 is 23.1 Å². The zero-order chi connectivity index (χ0) is 20.1. The van der Waals surface area contributed by atoms with Gasteiger partial charge in [0.15, 0.2) is 5.13 Å². The van der Waals surface area contributed by atoms with E-state index in [1.807, 2.05) is 57.4 Å². The Hall–Kier alpha value is -2.26. The van der Waals surface area contributed by atoms with E-state index in [1.54, 1.807) is 11.3 Å². The van der Waals surface area contributed by atoms with Crippen molar-refractivity contribution in [3.8, 4) is 0 Å². The fourth-order valence-corrected chi connectivity index (χ4v) is 5.08. The van der Waals surface area contributed by atoms with E-state index in [-0.39, 0.29) is 11.9 Å². The van der Waals surface area contributed by atoms with Crippen LogP contribution < -0.4 is 10.2 Å². The summed E-state index contributed by atoms with van der Waals surface area (Å²) >= 11 is 3.52. The van der Waals surface area contributed by atoms with Crippen molar-refractivity contribution in [1.29, 1.82) is 0 Å². The number of thiazole rings is 1. The van der Waals surface area contributed by atoms with Crippen LogP contribution in [0.4, 0.5) is 15.6 Å². The van der Waals surface area contributed by atoms with Gasteiger partial charge in [-0.2, -0.15) is 11.8 Å². The second-order valence-electron chi connectivity index (χ2n) is 7.09. The number of thioether (sulfide) groups is 1. The van der Waals surface area contributed by atoms with Crippen molar-refractivity contribution in [3.05, 3.63) is 41.4 Å². The molecule has 2 saturated heterocycles. The predicted octanol–water partition coefficient (Wildman–Crippen LogP) is 2.62. The molecule has 0 saturated carbocycles. The van der Waals surface area contributed by atoms with Crippen molar-refractivity contribution in [1.82, 2.24) is 14.8 Å². The molecule has 1 aromatic carbocycles. The third-order valence-electron chi connectivity index (χ3n) is 5.18. The van der Waals surface area contributed by atoms with Gasteiger partial charge in [-0.05, 0) is 17.7 Å². The molecule has 2 aliphatic heterocycles. The number of nitrogens with one attached hydrogen (secondary N) is 1. The lowest BCUT2D eigenvalue weighted by atomic mass is 10.1. The Morgan fingerprint density at radius 1 is 0.966 bits per heavy atom. The Labute approximate surface area is 179 Å². The maximum atomic E-state index is 12.6. The quantitative estimate of drug-likeness (QED) is 0.806. The predicted molar refractivity (Wildman–Crippen MR) is 119 cm³/mol. The number of nitrogens with zero attached hydrogens (tertiary/aromatic N) is 4. The van der Waals surface area contributed by atoms with Crippen LogP contribution in [-0.4, -0.2) is 77.5 Å². The lowest BCUT2D eigenvalue weighted by Gasteiger charge is -2.34. The number of anilines is 2. The van der Waals surface area contributed by atoms with Crippen LogP contribution in [0.5, 0.6) is 0 Å². The van der Waals surface area contributed by atoms with Gasteiger partial charge in [0.25, 0.3) is 0 Å². The molecule has 0 bridgehead atoms. The summed E-state index contributed by atoms with van der Waals surface area (Å²) in [5.74, 6) is 2.23. The van der Waals surface area contributed by atoms with Crippen LogP contribution in [0.25, 0.3) is 0 Å². The van der Waals surface area contributed by atoms with Crippen molar-refractivity contribution in [2.24, 2.45) is 0 Å². The van der Waals surface area contributed by atoms with Gasteiger partial charge in [0.1, 0.15) is 0 Å². The summed E-state index contributed by atoms with van der Waals surface area (Å²) in [5, 5.41) is 5.94. The van der Waals surface area contributed by atoms with Gasteiger partial charge < -0.3 is 20.0 Å². The monoisotopic (exact) mass is 431 g/mol. The standard InChI is InChI=1S/C20H25N5O2S2/c26-18(23-10-13-28-14-11-23)15-16-1-3-17(4-2-16)22-19(27)24-6-8-25(9-7-24)20-21-5-12-29-20/h1-5,12H,6-11,13-15H2,(H,22,27). The topological polar surface area (TPSA) is 68.8 Å². The highest BCUT2D eigenvalue weighted by Gasteiger charge is 2.22. The minimum Gasteiger partial charge on any atom is -0.345 e. The summed E-state index contributed by atoms with van der Waals surface area (Å²) in [5.41, 5.74) is 1.73. The van der Waals surface area contributed by atoms with Crippen LogP contribution in [-0.2, 0) is 11.2 Å². The highest BCUT2D eigenvalue weighted by atomic mass is 32.2. The van der Waals surface area contributed by atoms with E-state index in [0.717, 1.165) is 54.1 Å². The van der Waals surface area contributed by atoms with Gasteiger partial charge >= 0.3 is 6.03 Å². The number of aromatic nitrogens is 1. The van der Waals surface area contributed by atoms with Crippen molar-refractivity contribution < 1.29 is 9.59 Å². The first-order valence-corrected chi connectivity index (χ1v) is 11.9. The maximum Gasteiger partial charge on any atom is 0.321 e. The molecule has 2 fully saturated rings.